The second kappa shape index (κ2) is 8.22. The molecule has 142 valence electrons. The molecule has 1 aromatic heterocycles. The number of nitrogens with one attached hydrogen (secondary N) is 1. The van der Waals surface area contributed by atoms with E-state index in [4.69, 9.17) is 5.11 Å². The number of benzene rings is 1. The molecule has 0 bridgehead atoms. The van der Waals surface area contributed by atoms with Crippen molar-refractivity contribution < 1.29 is 19.1 Å². The number of hydrogen-bond acceptors (Lipinski definition) is 5. The molecule has 2 N–H and O–H groups in total. The van der Waals surface area contributed by atoms with Gasteiger partial charge >= 0.3 is 0 Å². The molecular formula is C19H21FN4O3. The van der Waals surface area contributed by atoms with Crippen LogP contribution in [0, 0.1) is 11.7 Å². The lowest BCUT2D eigenvalue weighted by molar-refractivity contribution is -0.132. The summed E-state index contributed by atoms with van der Waals surface area (Å²) in [5.74, 6) is -0.721. The van der Waals surface area contributed by atoms with Crippen LogP contribution >= 0.6 is 0 Å². The van der Waals surface area contributed by atoms with Crippen molar-refractivity contribution >= 4 is 17.8 Å². The number of hydrogen-bond donors (Lipinski definition) is 2. The summed E-state index contributed by atoms with van der Waals surface area (Å²) in [6, 6.07) is 4.73. The molecule has 1 aliphatic rings. The zero-order valence-corrected chi connectivity index (χ0v) is 15.0. The van der Waals surface area contributed by atoms with Crippen LogP contribution in [0.5, 0.6) is 0 Å². The quantitative estimate of drug-likeness (QED) is 0.856. The van der Waals surface area contributed by atoms with Gasteiger partial charge in [-0.3, -0.25) is 14.9 Å². The van der Waals surface area contributed by atoms with E-state index in [1.54, 1.807) is 17.0 Å². The van der Waals surface area contributed by atoms with Crippen molar-refractivity contribution in [3.8, 4) is 11.1 Å². The van der Waals surface area contributed by atoms with Crippen LogP contribution in [0.2, 0.25) is 0 Å². The normalized spacial score (nSPS) is 14.9. The molecule has 0 atom stereocenters. The molecule has 0 aliphatic carbocycles. The van der Waals surface area contributed by atoms with E-state index in [1.807, 2.05) is 0 Å². The first-order valence-electron chi connectivity index (χ1n) is 8.76. The van der Waals surface area contributed by atoms with Crippen molar-refractivity contribution in [2.75, 3.05) is 18.4 Å². The van der Waals surface area contributed by atoms with Crippen molar-refractivity contribution in [2.24, 2.45) is 5.92 Å². The first-order valence-corrected chi connectivity index (χ1v) is 8.76. The number of amides is 2. The van der Waals surface area contributed by atoms with Gasteiger partial charge in [-0.15, -0.1) is 0 Å². The predicted octanol–water partition coefficient (Wildman–Crippen LogP) is 1.97. The van der Waals surface area contributed by atoms with Crippen LogP contribution in [0.4, 0.5) is 10.3 Å². The lowest BCUT2D eigenvalue weighted by Crippen LogP contribution is -2.40. The highest BCUT2D eigenvalue weighted by Gasteiger charge is 2.26. The summed E-state index contributed by atoms with van der Waals surface area (Å²) in [6.07, 6.45) is 4.06. The molecule has 7 nitrogen and oxygen atoms in total. The standard InChI is InChI=1S/C19H21FN4O3/c1-12(26)24-7-5-13(6-8-24)18(27)23-19-21-9-15(10-22-19)16-4-2-3-14(11-25)17(16)20/h2-4,9-10,13,25H,5-8,11H2,1H3,(H,21,22,23,27). The molecule has 3 rings (SSSR count). The fourth-order valence-corrected chi connectivity index (χ4v) is 3.13. The van der Waals surface area contributed by atoms with E-state index in [0.29, 0.717) is 31.5 Å². The third-order valence-electron chi connectivity index (χ3n) is 4.76. The Morgan fingerprint density at radius 2 is 1.93 bits per heavy atom. The van der Waals surface area contributed by atoms with Crippen LogP contribution in [0.25, 0.3) is 11.1 Å². The Hall–Kier alpha value is -2.87. The van der Waals surface area contributed by atoms with Gasteiger partial charge in [0.1, 0.15) is 5.82 Å². The highest BCUT2D eigenvalue weighted by molar-refractivity contribution is 5.91. The zero-order valence-electron chi connectivity index (χ0n) is 15.0. The first-order chi connectivity index (χ1) is 13.0. The van der Waals surface area contributed by atoms with E-state index in [9.17, 15) is 14.0 Å². The Balaban J connectivity index is 1.65. The number of aliphatic hydroxyl groups is 1. The van der Waals surface area contributed by atoms with E-state index in [2.05, 4.69) is 15.3 Å². The molecule has 1 fully saturated rings. The molecule has 0 unspecified atom stereocenters. The fourth-order valence-electron chi connectivity index (χ4n) is 3.13. The van der Waals surface area contributed by atoms with Gasteiger partial charge < -0.3 is 10.0 Å². The number of carbonyl (C=O) groups is 2. The maximum Gasteiger partial charge on any atom is 0.229 e. The summed E-state index contributed by atoms with van der Waals surface area (Å²) in [5, 5.41) is 11.8. The van der Waals surface area contributed by atoms with Crippen LogP contribution in [0.3, 0.4) is 0 Å². The number of anilines is 1. The minimum atomic E-state index is -0.516. The fraction of sp³-hybridized carbons (Fsp3) is 0.368. The highest BCUT2D eigenvalue weighted by atomic mass is 19.1. The van der Waals surface area contributed by atoms with Crippen molar-refractivity contribution in [3.05, 3.63) is 42.0 Å². The van der Waals surface area contributed by atoms with Gasteiger partial charge in [0.25, 0.3) is 0 Å². The second-order valence-electron chi connectivity index (χ2n) is 6.50. The second-order valence-corrected chi connectivity index (χ2v) is 6.50. The van der Waals surface area contributed by atoms with Gasteiger partial charge in [-0.1, -0.05) is 18.2 Å². The maximum absolute atomic E-state index is 14.3. The summed E-state index contributed by atoms with van der Waals surface area (Å²) in [4.78, 5) is 33.6. The summed E-state index contributed by atoms with van der Waals surface area (Å²) >= 11 is 0. The Kier molecular flexibility index (Phi) is 5.75. The first kappa shape index (κ1) is 18.9. The van der Waals surface area contributed by atoms with Crippen molar-refractivity contribution in [2.45, 2.75) is 26.4 Å². The number of likely N-dealkylation sites (tertiary alicyclic amines) is 1. The van der Waals surface area contributed by atoms with Gasteiger partial charge in [0, 0.05) is 55.0 Å². The molecule has 2 amide bonds. The van der Waals surface area contributed by atoms with Crippen LogP contribution in [-0.4, -0.2) is 44.9 Å². The van der Waals surface area contributed by atoms with Gasteiger partial charge in [-0.25, -0.2) is 14.4 Å². The van der Waals surface area contributed by atoms with Crippen LogP contribution in [0.1, 0.15) is 25.3 Å². The number of rotatable bonds is 4. The molecule has 0 spiro atoms. The van der Waals surface area contributed by atoms with Crippen LogP contribution in [0.15, 0.2) is 30.6 Å². The van der Waals surface area contributed by atoms with E-state index in [-0.39, 0.29) is 34.8 Å². The lowest BCUT2D eigenvalue weighted by atomic mass is 9.96. The summed E-state index contributed by atoms with van der Waals surface area (Å²) in [5.41, 5.74) is 0.938. The molecule has 2 heterocycles. The van der Waals surface area contributed by atoms with Gasteiger partial charge in [0.2, 0.25) is 17.8 Å². The predicted molar refractivity (Wildman–Crippen MR) is 97.0 cm³/mol. The van der Waals surface area contributed by atoms with Crippen molar-refractivity contribution in [1.29, 1.82) is 0 Å². The number of piperidine rings is 1. The molecule has 27 heavy (non-hydrogen) atoms. The Bertz CT molecular complexity index is 833. The topological polar surface area (TPSA) is 95.4 Å². The number of carbonyl (C=O) groups excluding carboxylic acids is 2. The van der Waals surface area contributed by atoms with Crippen molar-refractivity contribution in [1.82, 2.24) is 14.9 Å². The Morgan fingerprint density at radius 3 is 2.52 bits per heavy atom. The Labute approximate surface area is 156 Å². The monoisotopic (exact) mass is 372 g/mol. The van der Waals surface area contributed by atoms with Crippen LogP contribution < -0.4 is 5.32 Å². The average molecular weight is 372 g/mol. The number of nitrogens with zero attached hydrogens (tertiary/aromatic N) is 3. The van der Waals surface area contributed by atoms with E-state index in [1.165, 1.54) is 25.4 Å². The summed E-state index contributed by atoms with van der Waals surface area (Å²) in [7, 11) is 0. The summed E-state index contributed by atoms with van der Waals surface area (Å²) < 4.78 is 14.3. The van der Waals surface area contributed by atoms with Gasteiger partial charge in [-0.2, -0.15) is 0 Å². The van der Waals surface area contributed by atoms with Gasteiger partial charge in [0.15, 0.2) is 0 Å². The van der Waals surface area contributed by atoms with Crippen molar-refractivity contribution in [3.63, 3.8) is 0 Å². The Morgan fingerprint density at radius 1 is 1.26 bits per heavy atom. The molecular weight excluding hydrogens is 351 g/mol. The number of aliphatic hydroxyl groups excluding tert-OH is 1. The third kappa shape index (κ3) is 4.28. The molecule has 0 saturated carbocycles. The third-order valence-corrected chi connectivity index (χ3v) is 4.76. The molecule has 1 aliphatic heterocycles. The SMILES string of the molecule is CC(=O)N1CCC(C(=O)Nc2ncc(-c3cccc(CO)c3F)cn2)CC1. The van der Waals surface area contributed by atoms with Gasteiger partial charge in [0.05, 0.1) is 6.61 Å². The smallest absolute Gasteiger partial charge is 0.229 e. The maximum atomic E-state index is 14.3. The molecule has 1 aromatic carbocycles. The molecule has 8 heteroatoms. The average Bonchev–Trinajstić information content (AvgIpc) is 2.69. The number of halogens is 1. The molecule has 0 radical (unpaired) electrons. The van der Waals surface area contributed by atoms with E-state index < -0.39 is 12.4 Å². The lowest BCUT2D eigenvalue weighted by Gasteiger charge is -2.30. The zero-order chi connectivity index (χ0) is 19.4. The van der Waals surface area contributed by atoms with Gasteiger partial charge in [-0.05, 0) is 12.8 Å². The van der Waals surface area contributed by atoms with E-state index in [0.717, 1.165) is 0 Å². The minimum absolute atomic E-state index is 0.0188. The largest absolute Gasteiger partial charge is 0.392 e. The minimum Gasteiger partial charge on any atom is -0.392 e. The number of aromatic nitrogens is 2. The molecule has 1 saturated heterocycles. The molecule has 2 aromatic rings. The van der Waals surface area contributed by atoms with E-state index >= 15 is 0 Å². The summed E-state index contributed by atoms with van der Waals surface area (Å²) in [6.45, 7) is 2.26. The highest BCUT2D eigenvalue weighted by Crippen LogP contribution is 2.25. The van der Waals surface area contributed by atoms with Crippen LogP contribution in [-0.2, 0) is 16.2 Å².